The molecule has 0 spiro atoms. The van der Waals surface area contributed by atoms with Crippen LogP contribution in [0.1, 0.15) is 16.9 Å². The van der Waals surface area contributed by atoms with Gasteiger partial charge in [-0.3, -0.25) is 9.59 Å². The van der Waals surface area contributed by atoms with Gasteiger partial charge in [-0.05, 0) is 24.3 Å². The molecule has 1 fully saturated rings. The number of esters is 1. The number of amides is 2. The Morgan fingerprint density at radius 2 is 2.08 bits per heavy atom. The van der Waals surface area contributed by atoms with Gasteiger partial charge in [-0.25, -0.2) is 9.18 Å². The third-order valence-corrected chi connectivity index (χ3v) is 4.38. The molecule has 2 heterocycles. The van der Waals surface area contributed by atoms with E-state index < -0.39 is 23.6 Å². The van der Waals surface area contributed by atoms with Gasteiger partial charge in [0.05, 0.1) is 13.0 Å². The number of benzene rings is 1. The lowest BCUT2D eigenvalue weighted by Gasteiger charge is -2.16. The van der Waals surface area contributed by atoms with Gasteiger partial charge in [0.1, 0.15) is 5.82 Å². The Hall–Kier alpha value is -2.88. The van der Waals surface area contributed by atoms with Gasteiger partial charge in [-0.2, -0.15) is 0 Å². The van der Waals surface area contributed by atoms with Crippen molar-refractivity contribution in [3.8, 4) is 0 Å². The monoisotopic (exact) mass is 364 g/mol. The summed E-state index contributed by atoms with van der Waals surface area (Å²) in [7, 11) is 1.20. The van der Waals surface area contributed by atoms with E-state index in [0.29, 0.717) is 5.69 Å². The Bertz CT molecular complexity index is 823. The van der Waals surface area contributed by atoms with E-state index in [1.54, 1.807) is 0 Å². The normalized spacial score (nSPS) is 16.8. The van der Waals surface area contributed by atoms with Crippen LogP contribution < -0.4 is 10.2 Å². The fourth-order valence-corrected chi connectivity index (χ4v) is 3.03. The fraction of sp³-hybridized carbons (Fsp3) is 0.267. The first kappa shape index (κ1) is 17.0. The summed E-state index contributed by atoms with van der Waals surface area (Å²) in [4.78, 5) is 37.5. The number of carbonyl (C=O) groups excluding carboxylic acids is 3. The van der Waals surface area contributed by atoms with Crippen LogP contribution in [-0.4, -0.2) is 41.0 Å². The average molecular weight is 364 g/mol. The first-order valence-corrected chi connectivity index (χ1v) is 8.04. The van der Waals surface area contributed by atoms with E-state index in [1.165, 1.54) is 36.3 Å². The van der Waals surface area contributed by atoms with Gasteiger partial charge in [-0.15, -0.1) is 5.10 Å². The van der Waals surface area contributed by atoms with Crippen LogP contribution in [0.4, 0.5) is 15.1 Å². The van der Waals surface area contributed by atoms with Crippen LogP contribution in [0.15, 0.2) is 24.3 Å². The first-order valence-electron chi connectivity index (χ1n) is 7.27. The number of nitrogens with one attached hydrogen (secondary N) is 1. The van der Waals surface area contributed by atoms with E-state index in [9.17, 15) is 18.8 Å². The minimum Gasteiger partial charge on any atom is -0.464 e. The number of rotatable bonds is 4. The van der Waals surface area contributed by atoms with E-state index in [-0.39, 0.29) is 29.6 Å². The Morgan fingerprint density at radius 3 is 2.76 bits per heavy atom. The molecule has 0 bridgehead atoms. The smallest absolute Gasteiger partial charge is 0.361 e. The van der Waals surface area contributed by atoms with Crippen LogP contribution in [0.25, 0.3) is 0 Å². The van der Waals surface area contributed by atoms with E-state index in [2.05, 4.69) is 19.6 Å². The first-order chi connectivity index (χ1) is 12.0. The molecule has 1 aliphatic rings. The van der Waals surface area contributed by atoms with Crippen molar-refractivity contribution in [2.75, 3.05) is 23.9 Å². The van der Waals surface area contributed by atoms with Crippen LogP contribution in [0, 0.1) is 11.7 Å². The molecule has 1 N–H and O–H groups in total. The Morgan fingerprint density at radius 1 is 1.36 bits per heavy atom. The third-order valence-electron chi connectivity index (χ3n) is 3.74. The molecule has 2 amide bonds. The third kappa shape index (κ3) is 3.48. The second-order valence-corrected chi connectivity index (χ2v) is 6.07. The van der Waals surface area contributed by atoms with Crippen molar-refractivity contribution >= 4 is 40.0 Å². The molecular formula is C15H13FN4O4S. The summed E-state index contributed by atoms with van der Waals surface area (Å²) in [5.74, 6) is -2.38. The molecule has 3 rings (SSSR count). The zero-order valence-corrected chi connectivity index (χ0v) is 13.9. The molecule has 0 radical (unpaired) electrons. The van der Waals surface area contributed by atoms with E-state index >= 15 is 0 Å². The van der Waals surface area contributed by atoms with Gasteiger partial charge in [0.25, 0.3) is 0 Å². The maximum absolute atomic E-state index is 13.0. The van der Waals surface area contributed by atoms with E-state index in [1.807, 2.05) is 0 Å². The maximum Gasteiger partial charge on any atom is 0.361 e. The number of halogens is 1. The summed E-state index contributed by atoms with van der Waals surface area (Å²) < 4.78 is 21.2. The Kier molecular flexibility index (Phi) is 4.70. The largest absolute Gasteiger partial charge is 0.464 e. The molecule has 25 heavy (non-hydrogen) atoms. The molecule has 0 aliphatic carbocycles. The molecular weight excluding hydrogens is 351 g/mol. The highest BCUT2D eigenvalue weighted by molar-refractivity contribution is 7.10. The van der Waals surface area contributed by atoms with Crippen LogP contribution in [0.3, 0.4) is 0 Å². The summed E-state index contributed by atoms with van der Waals surface area (Å²) in [6.45, 7) is 0.163. The molecule has 8 nitrogen and oxygen atoms in total. The topological polar surface area (TPSA) is 101 Å². The molecule has 0 saturated carbocycles. The van der Waals surface area contributed by atoms with Crippen molar-refractivity contribution in [1.29, 1.82) is 0 Å². The quantitative estimate of drug-likeness (QED) is 0.824. The lowest BCUT2D eigenvalue weighted by Crippen LogP contribution is -2.28. The van der Waals surface area contributed by atoms with Crippen LogP contribution >= 0.6 is 11.5 Å². The van der Waals surface area contributed by atoms with Crippen molar-refractivity contribution in [1.82, 2.24) is 9.59 Å². The number of hydrogen-bond acceptors (Lipinski definition) is 7. The zero-order chi connectivity index (χ0) is 18.0. The van der Waals surface area contributed by atoms with Crippen molar-refractivity contribution in [2.45, 2.75) is 6.42 Å². The van der Waals surface area contributed by atoms with E-state index in [0.717, 1.165) is 11.5 Å². The molecule has 10 heteroatoms. The predicted octanol–water partition coefficient (Wildman–Crippen LogP) is 1.46. The predicted molar refractivity (Wildman–Crippen MR) is 86.7 cm³/mol. The molecule has 2 aromatic rings. The van der Waals surface area contributed by atoms with Gasteiger partial charge in [-0.1, -0.05) is 4.49 Å². The number of aromatic nitrogens is 2. The van der Waals surface area contributed by atoms with Crippen molar-refractivity contribution in [2.24, 2.45) is 5.92 Å². The fourth-order valence-electron chi connectivity index (χ4n) is 2.47. The molecule has 1 aromatic carbocycles. The summed E-state index contributed by atoms with van der Waals surface area (Å²) in [6, 6.07) is 5.47. The maximum atomic E-state index is 13.0. The van der Waals surface area contributed by atoms with Crippen molar-refractivity contribution in [3.05, 3.63) is 35.8 Å². The van der Waals surface area contributed by atoms with Gasteiger partial charge >= 0.3 is 5.97 Å². The van der Waals surface area contributed by atoms with Crippen molar-refractivity contribution < 1.29 is 23.5 Å². The number of anilines is 2. The summed E-state index contributed by atoms with van der Waals surface area (Å²) in [5.41, 5.74) is 0.442. The summed E-state index contributed by atoms with van der Waals surface area (Å²) >= 11 is 0.846. The molecule has 1 aromatic heterocycles. The van der Waals surface area contributed by atoms with Gasteiger partial charge < -0.3 is 15.0 Å². The lowest BCUT2D eigenvalue weighted by atomic mass is 10.1. The number of methoxy groups -OCH3 is 1. The SMILES string of the molecule is COC(=O)c1nnsc1NC(=O)[C@@H]1CC(=O)N(c2ccc(F)cc2)C1. The number of nitrogens with zero attached hydrogens (tertiary/aromatic N) is 3. The highest BCUT2D eigenvalue weighted by atomic mass is 32.1. The van der Waals surface area contributed by atoms with Gasteiger partial charge in [0.15, 0.2) is 5.00 Å². The Balaban J connectivity index is 1.70. The van der Waals surface area contributed by atoms with Crippen LogP contribution in [0.5, 0.6) is 0 Å². The minimum absolute atomic E-state index is 0.0169. The summed E-state index contributed by atoms with van der Waals surface area (Å²) in [6.07, 6.45) is 0.0169. The number of carbonyl (C=O) groups is 3. The van der Waals surface area contributed by atoms with E-state index in [4.69, 9.17) is 0 Å². The highest BCUT2D eigenvalue weighted by Crippen LogP contribution is 2.27. The molecule has 1 atom stereocenters. The van der Waals surface area contributed by atoms with Crippen LogP contribution in [-0.2, 0) is 14.3 Å². The van der Waals surface area contributed by atoms with Gasteiger partial charge in [0.2, 0.25) is 17.5 Å². The number of hydrogen-bond donors (Lipinski definition) is 1. The Labute approximate surface area is 145 Å². The second kappa shape index (κ2) is 6.93. The molecule has 130 valence electrons. The standard InChI is InChI=1S/C15H13FN4O4S/c1-24-15(23)12-14(25-19-18-12)17-13(22)8-6-11(21)20(7-8)10-4-2-9(16)3-5-10/h2-5,8H,6-7H2,1H3,(H,17,22)/t8-/m1/s1. The van der Waals surface area contributed by atoms with Crippen LogP contribution in [0.2, 0.25) is 0 Å². The molecule has 0 unspecified atom stereocenters. The molecule has 1 saturated heterocycles. The average Bonchev–Trinajstić information content (AvgIpc) is 3.21. The number of ether oxygens (including phenoxy) is 1. The second-order valence-electron chi connectivity index (χ2n) is 5.31. The molecule has 1 aliphatic heterocycles. The van der Waals surface area contributed by atoms with Crippen molar-refractivity contribution in [3.63, 3.8) is 0 Å². The lowest BCUT2D eigenvalue weighted by molar-refractivity contribution is -0.122. The minimum atomic E-state index is -0.709. The highest BCUT2D eigenvalue weighted by Gasteiger charge is 2.36. The summed E-state index contributed by atoms with van der Waals surface area (Å²) in [5, 5.41) is 6.35. The van der Waals surface area contributed by atoms with Gasteiger partial charge in [0, 0.05) is 30.2 Å². The zero-order valence-electron chi connectivity index (χ0n) is 13.1.